The quantitative estimate of drug-likeness (QED) is 0.579. The zero-order chi connectivity index (χ0) is 16.2. The smallest absolute Gasteiger partial charge is 0.327 e. The first-order valence-electron chi connectivity index (χ1n) is 7.50. The molecule has 0 bridgehead atoms. The molecule has 2 aromatic carbocycles. The summed E-state index contributed by atoms with van der Waals surface area (Å²) < 4.78 is 0. The van der Waals surface area contributed by atoms with Crippen LogP contribution in [-0.4, -0.2) is 23.8 Å². The van der Waals surface area contributed by atoms with Crippen LogP contribution in [0, 0.1) is 0 Å². The molecule has 3 N–H and O–H groups in total. The van der Waals surface area contributed by atoms with Crippen LogP contribution in [0.5, 0.6) is 0 Å². The van der Waals surface area contributed by atoms with Crippen molar-refractivity contribution in [2.24, 2.45) is 0 Å². The van der Waals surface area contributed by atoms with Crippen molar-refractivity contribution >= 4 is 28.5 Å². The second-order valence-electron chi connectivity index (χ2n) is 5.57. The van der Waals surface area contributed by atoms with E-state index in [4.69, 9.17) is 0 Å². The molecule has 0 radical (unpaired) electrons. The Morgan fingerprint density at radius 1 is 0.913 bits per heavy atom. The third-order valence-corrected chi connectivity index (χ3v) is 3.67. The van der Waals surface area contributed by atoms with Gasteiger partial charge in [-0.3, -0.25) is 25.2 Å². The number of hydrogen-bond donors (Lipinski definition) is 3. The van der Waals surface area contributed by atoms with Crippen molar-refractivity contribution in [2.75, 3.05) is 0 Å². The maximum Gasteiger partial charge on any atom is 0.327 e. The molecule has 3 rings (SSSR count). The molecule has 2 aromatic rings. The number of hydrazine groups is 1. The fraction of sp³-hybridized carbons (Fsp3) is 0.235. The van der Waals surface area contributed by atoms with Gasteiger partial charge in [-0.05, 0) is 29.2 Å². The van der Waals surface area contributed by atoms with Crippen LogP contribution in [0.25, 0.3) is 10.8 Å². The number of rotatable bonds is 3. The van der Waals surface area contributed by atoms with Crippen LogP contribution in [0.15, 0.2) is 42.5 Å². The zero-order valence-corrected chi connectivity index (χ0v) is 12.5. The van der Waals surface area contributed by atoms with Gasteiger partial charge in [-0.1, -0.05) is 42.5 Å². The van der Waals surface area contributed by atoms with E-state index in [2.05, 4.69) is 16.2 Å². The Balaban J connectivity index is 1.56. The Hall–Kier alpha value is -2.89. The summed E-state index contributed by atoms with van der Waals surface area (Å²) in [5.41, 5.74) is 5.26. The van der Waals surface area contributed by atoms with Crippen LogP contribution < -0.4 is 16.2 Å². The van der Waals surface area contributed by atoms with Crippen LogP contribution in [0.3, 0.4) is 0 Å². The minimum atomic E-state index is -0.858. The SMILES string of the molecule is O=C(Cc1cccc2ccccc12)NNC(=O)C(=O)NC1CC1. The number of amides is 3. The zero-order valence-electron chi connectivity index (χ0n) is 12.5. The molecule has 0 unspecified atom stereocenters. The molecule has 0 aliphatic heterocycles. The Morgan fingerprint density at radius 2 is 1.65 bits per heavy atom. The van der Waals surface area contributed by atoms with Gasteiger partial charge in [0.05, 0.1) is 6.42 Å². The summed E-state index contributed by atoms with van der Waals surface area (Å²) in [5, 5.41) is 4.58. The highest BCUT2D eigenvalue weighted by Gasteiger charge is 2.26. The monoisotopic (exact) mass is 311 g/mol. The average Bonchev–Trinajstić information content (AvgIpc) is 3.37. The van der Waals surface area contributed by atoms with E-state index >= 15 is 0 Å². The second-order valence-corrected chi connectivity index (χ2v) is 5.57. The van der Waals surface area contributed by atoms with Crippen molar-refractivity contribution in [1.82, 2.24) is 16.2 Å². The molecule has 0 spiro atoms. The van der Waals surface area contributed by atoms with E-state index in [9.17, 15) is 14.4 Å². The lowest BCUT2D eigenvalue weighted by Gasteiger charge is -2.09. The van der Waals surface area contributed by atoms with Gasteiger partial charge < -0.3 is 5.32 Å². The van der Waals surface area contributed by atoms with Crippen LogP contribution in [-0.2, 0) is 20.8 Å². The van der Waals surface area contributed by atoms with Crippen molar-refractivity contribution < 1.29 is 14.4 Å². The first-order valence-corrected chi connectivity index (χ1v) is 7.50. The van der Waals surface area contributed by atoms with Gasteiger partial charge in [0.15, 0.2) is 0 Å². The number of fused-ring (bicyclic) bond motifs is 1. The van der Waals surface area contributed by atoms with Gasteiger partial charge >= 0.3 is 11.8 Å². The minimum Gasteiger partial charge on any atom is -0.345 e. The number of nitrogens with one attached hydrogen (secondary N) is 3. The Kier molecular flexibility index (Phi) is 4.23. The Morgan fingerprint density at radius 3 is 2.43 bits per heavy atom. The van der Waals surface area contributed by atoms with Crippen LogP contribution in [0.2, 0.25) is 0 Å². The first-order chi connectivity index (χ1) is 11.1. The molecule has 6 nitrogen and oxygen atoms in total. The molecule has 23 heavy (non-hydrogen) atoms. The van der Waals surface area contributed by atoms with Crippen molar-refractivity contribution in [1.29, 1.82) is 0 Å². The minimum absolute atomic E-state index is 0.0969. The summed E-state index contributed by atoms with van der Waals surface area (Å²) in [6, 6.07) is 13.6. The summed E-state index contributed by atoms with van der Waals surface area (Å²) in [4.78, 5) is 35.0. The van der Waals surface area contributed by atoms with Crippen molar-refractivity contribution in [3.05, 3.63) is 48.0 Å². The van der Waals surface area contributed by atoms with E-state index in [1.807, 2.05) is 42.5 Å². The molecule has 0 heterocycles. The standard InChI is InChI=1S/C17H17N3O3/c21-15(19-20-17(23)16(22)18-13-8-9-13)10-12-6-3-5-11-4-1-2-7-14(11)12/h1-7,13H,8-10H2,(H,18,22)(H,19,21)(H,20,23). The molecule has 118 valence electrons. The number of benzene rings is 2. The van der Waals surface area contributed by atoms with Gasteiger partial charge in [0.1, 0.15) is 0 Å². The highest BCUT2D eigenvalue weighted by Crippen LogP contribution is 2.19. The van der Waals surface area contributed by atoms with Gasteiger partial charge in [0, 0.05) is 6.04 Å². The summed E-state index contributed by atoms with van der Waals surface area (Å²) in [6.07, 6.45) is 1.91. The molecular formula is C17H17N3O3. The van der Waals surface area contributed by atoms with Gasteiger partial charge in [-0.2, -0.15) is 0 Å². The lowest BCUT2D eigenvalue weighted by atomic mass is 10.0. The first kappa shape index (κ1) is 15.0. The molecule has 1 fully saturated rings. The van der Waals surface area contributed by atoms with Crippen molar-refractivity contribution in [3.8, 4) is 0 Å². The summed E-state index contributed by atoms with van der Waals surface area (Å²) >= 11 is 0. The number of carbonyl (C=O) groups is 3. The summed E-state index contributed by atoms with van der Waals surface area (Å²) in [5.74, 6) is -1.96. The van der Waals surface area contributed by atoms with Gasteiger partial charge in [-0.15, -0.1) is 0 Å². The molecule has 0 atom stereocenters. The summed E-state index contributed by atoms with van der Waals surface area (Å²) in [7, 11) is 0. The Labute approximate surface area is 133 Å². The molecule has 1 aliphatic carbocycles. The van der Waals surface area contributed by atoms with Gasteiger partial charge in [0.25, 0.3) is 0 Å². The van der Waals surface area contributed by atoms with Gasteiger partial charge in [0.2, 0.25) is 5.91 Å². The molecular weight excluding hydrogens is 294 g/mol. The fourth-order valence-electron chi connectivity index (χ4n) is 2.33. The highest BCUT2D eigenvalue weighted by atomic mass is 16.2. The van der Waals surface area contributed by atoms with Gasteiger partial charge in [-0.25, -0.2) is 0 Å². The molecule has 1 saturated carbocycles. The molecule has 1 aliphatic rings. The fourth-order valence-corrected chi connectivity index (χ4v) is 2.33. The predicted molar refractivity (Wildman–Crippen MR) is 85.1 cm³/mol. The molecule has 3 amide bonds. The van der Waals surface area contributed by atoms with E-state index in [-0.39, 0.29) is 18.4 Å². The van der Waals surface area contributed by atoms with Crippen LogP contribution >= 0.6 is 0 Å². The summed E-state index contributed by atoms with van der Waals surface area (Å²) in [6.45, 7) is 0. The van der Waals surface area contributed by atoms with Crippen molar-refractivity contribution in [2.45, 2.75) is 25.3 Å². The predicted octanol–water partition coefficient (Wildman–Crippen LogP) is 0.808. The average molecular weight is 311 g/mol. The molecule has 6 heteroatoms. The third kappa shape index (κ3) is 3.85. The van der Waals surface area contributed by atoms with E-state index in [0.29, 0.717) is 0 Å². The van der Waals surface area contributed by atoms with E-state index < -0.39 is 11.8 Å². The second kappa shape index (κ2) is 6.48. The Bertz CT molecular complexity index is 763. The van der Waals surface area contributed by atoms with E-state index in [1.54, 1.807) is 0 Å². The van der Waals surface area contributed by atoms with E-state index in [1.165, 1.54) is 0 Å². The number of hydrogen-bond acceptors (Lipinski definition) is 3. The maximum atomic E-state index is 12.0. The lowest BCUT2D eigenvalue weighted by Crippen LogP contribution is -2.49. The van der Waals surface area contributed by atoms with Crippen LogP contribution in [0.1, 0.15) is 18.4 Å². The lowest BCUT2D eigenvalue weighted by molar-refractivity contribution is -0.140. The highest BCUT2D eigenvalue weighted by molar-refractivity contribution is 6.35. The topological polar surface area (TPSA) is 87.3 Å². The molecule has 0 saturated heterocycles. The number of carbonyl (C=O) groups excluding carboxylic acids is 3. The molecule has 0 aromatic heterocycles. The maximum absolute atomic E-state index is 12.0. The van der Waals surface area contributed by atoms with Crippen LogP contribution in [0.4, 0.5) is 0 Å². The normalized spacial score (nSPS) is 13.4. The van der Waals surface area contributed by atoms with E-state index in [0.717, 1.165) is 29.2 Å². The van der Waals surface area contributed by atoms with Crippen molar-refractivity contribution in [3.63, 3.8) is 0 Å². The largest absolute Gasteiger partial charge is 0.345 e. The third-order valence-electron chi connectivity index (χ3n) is 3.67.